The number of hydrogen-bond acceptors (Lipinski definition) is 3. The van der Waals surface area contributed by atoms with E-state index in [-0.39, 0.29) is 0 Å². The maximum absolute atomic E-state index is 5.75. The summed E-state index contributed by atoms with van der Waals surface area (Å²) in [5.74, 6) is 0.895. The van der Waals surface area contributed by atoms with Crippen LogP contribution in [0.1, 0.15) is 5.56 Å². The predicted octanol–water partition coefficient (Wildman–Crippen LogP) is 3.24. The molecule has 3 heteroatoms. The Kier molecular flexibility index (Phi) is 5.44. The van der Waals surface area contributed by atoms with E-state index >= 15 is 0 Å². The van der Waals surface area contributed by atoms with Gasteiger partial charge in [-0.1, -0.05) is 30.3 Å². The zero-order valence-corrected chi connectivity index (χ0v) is 12.2. The van der Waals surface area contributed by atoms with E-state index in [4.69, 9.17) is 4.74 Å². The lowest BCUT2D eigenvalue weighted by Crippen LogP contribution is -2.20. The van der Waals surface area contributed by atoms with E-state index < -0.39 is 0 Å². The Morgan fingerprint density at radius 1 is 0.950 bits per heavy atom. The van der Waals surface area contributed by atoms with Gasteiger partial charge < -0.3 is 15.0 Å². The molecule has 0 spiro atoms. The van der Waals surface area contributed by atoms with Crippen LogP contribution in [0.25, 0.3) is 0 Å². The highest BCUT2D eigenvalue weighted by molar-refractivity contribution is 5.46. The fraction of sp³-hybridized carbons (Fsp3) is 0.294. The third-order valence-corrected chi connectivity index (χ3v) is 2.99. The smallest absolute Gasteiger partial charge is 0.119 e. The molecule has 0 bridgehead atoms. The van der Waals surface area contributed by atoms with Crippen molar-refractivity contribution < 1.29 is 4.74 Å². The van der Waals surface area contributed by atoms with Crippen LogP contribution >= 0.6 is 0 Å². The molecule has 0 aliphatic carbocycles. The molecule has 0 fully saturated rings. The van der Waals surface area contributed by atoms with E-state index in [1.807, 2.05) is 30.3 Å². The molecule has 0 saturated heterocycles. The number of hydrogen-bond donors (Lipinski definition) is 1. The van der Waals surface area contributed by atoms with Gasteiger partial charge in [-0.2, -0.15) is 0 Å². The molecule has 0 aromatic heterocycles. The molecule has 2 aromatic carbocycles. The zero-order valence-electron chi connectivity index (χ0n) is 12.2. The number of benzene rings is 2. The molecule has 3 nitrogen and oxygen atoms in total. The van der Waals surface area contributed by atoms with Gasteiger partial charge in [0.1, 0.15) is 12.4 Å². The Balaban J connectivity index is 1.79. The van der Waals surface area contributed by atoms with Gasteiger partial charge in [-0.05, 0) is 43.9 Å². The van der Waals surface area contributed by atoms with Gasteiger partial charge in [0.05, 0.1) is 0 Å². The van der Waals surface area contributed by atoms with E-state index in [1.165, 1.54) is 5.56 Å². The summed E-state index contributed by atoms with van der Waals surface area (Å²) in [7, 11) is 4.14. The van der Waals surface area contributed by atoms with Crippen molar-refractivity contribution in [2.75, 3.05) is 32.5 Å². The summed E-state index contributed by atoms with van der Waals surface area (Å²) in [6.45, 7) is 2.57. The van der Waals surface area contributed by atoms with Crippen molar-refractivity contribution in [1.82, 2.24) is 4.90 Å². The lowest BCUT2D eigenvalue weighted by molar-refractivity contribution is 0.306. The van der Waals surface area contributed by atoms with E-state index in [0.29, 0.717) is 6.61 Å². The second-order valence-corrected chi connectivity index (χ2v) is 5.03. The minimum absolute atomic E-state index is 0.605. The molecule has 20 heavy (non-hydrogen) atoms. The molecule has 2 rings (SSSR count). The molecule has 106 valence electrons. The van der Waals surface area contributed by atoms with Crippen molar-refractivity contribution in [1.29, 1.82) is 0 Å². The molecular formula is C17H22N2O. The Morgan fingerprint density at radius 2 is 1.65 bits per heavy atom. The zero-order chi connectivity index (χ0) is 14.2. The molecule has 0 radical (unpaired) electrons. The fourth-order valence-corrected chi connectivity index (χ4v) is 1.83. The quantitative estimate of drug-likeness (QED) is 0.836. The SMILES string of the molecule is CN(C)CCNc1ccc(OCc2ccccc2)cc1. The first-order chi connectivity index (χ1) is 9.74. The number of nitrogens with one attached hydrogen (secondary N) is 1. The molecule has 0 saturated carbocycles. The summed E-state index contributed by atoms with van der Waals surface area (Å²) < 4.78 is 5.75. The number of ether oxygens (including phenoxy) is 1. The highest BCUT2D eigenvalue weighted by Crippen LogP contribution is 2.16. The van der Waals surface area contributed by atoms with Gasteiger partial charge in [-0.15, -0.1) is 0 Å². The first-order valence-electron chi connectivity index (χ1n) is 6.89. The fourth-order valence-electron chi connectivity index (χ4n) is 1.83. The topological polar surface area (TPSA) is 24.5 Å². The van der Waals surface area contributed by atoms with Crippen molar-refractivity contribution in [3.05, 3.63) is 60.2 Å². The van der Waals surface area contributed by atoms with Crippen molar-refractivity contribution in [2.45, 2.75) is 6.61 Å². The van der Waals surface area contributed by atoms with Gasteiger partial charge in [-0.3, -0.25) is 0 Å². The summed E-state index contributed by atoms with van der Waals surface area (Å²) in [5, 5.41) is 3.38. The molecule has 0 aliphatic heterocycles. The summed E-state index contributed by atoms with van der Waals surface area (Å²) in [4.78, 5) is 2.16. The monoisotopic (exact) mass is 270 g/mol. The van der Waals surface area contributed by atoms with Crippen molar-refractivity contribution in [3.8, 4) is 5.75 Å². The largest absolute Gasteiger partial charge is 0.489 e. The minimum atomic E-state index is 0.605. The second-order valence-electron chi connectivity index (χ2n) is 5.03. The Morgan fingerprint density at radius 3 is 2.30 bits per heavy atom. The summed E-state index contributed by atoms with van der Waals surface area (Å²) in [6, 6.07) is 18.3. The van der Waals surface area contributed by atoms with Gasteiger partial charge >= 0.3 is 0 Å². The first kappa shape index (κ1) is 14.4. The molecule has 1 N–H and O–H groups in total. The van der Waals surface area contributed by atoms with Crippen molar-refractivity contribution in [3.63, 3.8) is 0 Å². The molecule has 2 aromatic rings. The van der Waals surface area contributed by atoms with Crippen LogP contribution in [-0.2, 0) is 6.61 Å². The Labute approximate surface area is 121 Å². The third-order valence-electron chi connectivity index (χ3n) is 2.99. The first-order valence-corrected chi connectivity index (χ1v) is 6.89. The van der Waals surface area contributed by atoms with Crippen LogP contribution in [0.15, 0.2) is 54.6 Å². The normalized spacial score (nSPS) is 10.6. The lowest BCUT2D eigenvalue weighted by atomic mass is 10.2. The van der Waals surface area contributed by atoms with E-state index in [0.717, 1.165) is 24.5 Å². The van der Waals surface area contributed by atoms with Gasteiger partial charge in [-0.25, -0.2) is 0 Å². The van der Waals surface area contributed by atoms with Gasteiger partial charge in [0.15, 0.2) is 0 Å². The second kappa shape index (κ2) is 7.56. The molecule has 0 atom stereocenters. The third kappa shape index (κ3) is 4.94. The van der Waals surface area contributed by atoms with E-state index in [9.17, 15) is 0 Å². The molecule has 0 unspecified atom stereocenters. The van der Waals surface area contributed by atoms with Crippen LogP contribution in [0.2, 0.25) is 0 Å². The molecule has 0 aliphatic rings. The highest BCUT2D eigenvalue weighted by atomic mass is 16.5. The maximum Gasteiger partial charge on any atom is 0.119 e. The molecule has 0 amide bonds. The average molecular weight is 270 g/mol. The summed E-state index contributed by atoms with van der Waals surface area (Å²) >= 11 is 0. The van der Waals surface area contributed by atoms with Gasteiger partial charge in [0, 0.05) is 18.8 Å². The number of rotatable bonds is 7. The number of anilines is 1. The number of likely N-dealkylation sites (N-methyl/N-ethyl adjacent to an activating group) is 1. The van der Waals surface area contributed by atoms with Gasteiger partial charge in [0.2, 0.25) is 0 Å². The van der Waals surface area contributed by atoms with E-state index in [2.05, 4.69) is 48.6 Å². The van der Waals surface area contributed by atoms with Crippen LogP contribution in [-0.4, -0.2) is 32.1 Å². The summed E-state index contributed by atoms with van der Waals surface area (Å²) in [6.07, 6.45) is 0. The van der Waals surface area contributed by atoms with Crippen LogP contribution < -0.4 is 10.1 Å². The van der Waals surface area contributed by atoms with Crippen LogP contribution in [0, 0.1) is 0 Å². The maximum atomic E-state index is 5.75. The summed E-state index contributed by atoms with van der Waals surface area (Å²) in [5.41, 5.74) is 2.31. The predicted molar refractivity (Wildman–Crippen MR) is 84.3 cm³/mol. The Bertz CT molecular complexity index is 494. The van der Waals surface area contributed by atoms with Crippen LogP contribution in [0.4, 0.5) is 5.69 Å². The molecular weight excluding hydrogens is 248 g/mol. The van der Waals surface area contributed by atoms with Crippen LogP contribution in [0.5, 0.6) is 5.75 Å². The van der Waals surface area contributed by atoms with Crippen molar-refractivity contribution >= 4 is 5.69 Å². The van der Waals surface area contributed by atoms with Gasteiger partial charge in [0.25, 0.3) is 0 Å². The highest BCUT2D eigenvalue weighted by Gasteiger charge is 1.97. The number of nitrogens with zero attached hydrogens (tertiary/aromatic N) is 1. The Hall–Kier alpha value is -2.00. The standard InChI is InChI=1S/C17H22N2O/c1-19(2)13-12-18-16-8-10-17(11-9-16)20-14-15-6-4-3-5-7-15/h3-11,18H,12-14H2,1-2H3. The lowest BCUT2D eigenvalue weighted by Gasteiger charge is -2.12. The minimum Gasteiger partial charge on any atom is -0.489 e. The molecule has 0 heterocycles. The van der Waals surface area contributed by atoms with Crippen LogP contribution in [0.3, 0.4) is 0 Å². The van der Waals surface area contributed by atoms with E-state index in [1.54, 1.807) is 0 Å². The van der Waals surface area contributed by atoms with Crippen molar-refractivity contribution in [2.24, 2.45) is 0 Å². The average Bonchev–Trinajstić information content (AvgIpc) is 2.47.